The molecule has 0 saturated heterocycles. The van der Waals surface area contributed by atoms with Crippen molar-refractivity contribution in [1.82, 2.24) is 0 Å². The Labute approximate surface area is 86.9 Å². The Kier molecular flexibility index (Phi) is 3.15. The number of hydrogen-bond donors (Lipinski definition) is 0. The lowest BCUT2D eigenvalue weighted by Crippen LogP contribution is -2.18. The van der Waals surface area contributed by atoms with Gasteiger partial charge in [0.15, 0.2) is 6.29 Å². The van der Waals surface area contributed by atoms with Crippen LogP contribution in [0.2, 0.25) is 0 Å². The molecule has 1 aromatic carbocycles. The van der Waals surface area contributed by atoms with Crippen LogP contribution in [0, 0.1) is 20.8 Å². The zero-order valence-electron chi connectivity index (χ0n) is 9.69. The third-order valence-electron chi connectivity index (χ3n) is 3.34. The monoisotopic (exact) mass is 188 g/mol. The van der Waals surface area contributed by atoms with Crippen LogP contribution in [0.4, 0.5) is 0 Å². The highest BCUT2D eigenvalue weighted by molar-refractivity contribution is 6.35. The number of carbonyl (C=O) groups is 1. The third-order valence-corrected chi connectivity index (χ3v) is 3.34. The van der Waals surface area contributed by atoms with Crippen molar-refractivity contribution in [1.29, 1.82) is 0 Å². The van der Waals surface area contributed by atoms with E-state index in [9.17, 15) is 4.79 Å². The van der Waals surface area contributed by atoms with Crippen LogP contribution in [-0.4, -0.2) is 14.1 Å². The zero-order valence-corrected chi connectivity index (χ0v) is 9.69. The van der Waals surface area contributed by atoms with Gasteiger partial charge in [-0.15, -0.1) is 0 Å². The molecule has 0 aliphatic carbocycles. The van der Waals surface area contributed by atoms with Gasteiger partial charge in [0.2, 0.25) is 0 Å². The summed E-state index contributed by atoms with van der Waals surface area (Å²) >= 11 is 0. The first-order valence-corrected chi connectivity index (χ1v) is 5.09. The van der Waals surface area contributed by atoms with E-state index in [0.717, 1.165) is 23.8 Å². The lowest BCUT2D eigenvalue weighted by atomic mass is 9.79. The Balaban J connectivity index is 3.65. The van der Waals surface area contributed by atoms with Crippen LogP contribution < -0.4 is 5.46 Å². The highest BCUT2D eigenvalue weighted by atomic mass is 16.1. The molecule has 0 fully saturated rings. The Bertz CT molecular complexity index is 381. The van der Waals surface area contributed by atoms with Gasteiger partial charge < -0.3 is 0 Å². The summed E-state index contributed by atoms with van der Waals surface area (Å²) in [7, 11) is 2.09. The average molecular weight is 188 g/mol. The summed E-state index contributed by atoms with van der Waals surface area (Å²) in [6.45, 7) is 8.37. The number of rotatable bonds is 2. The van der Waals surface area contributed by atoms with Crippen molar-refractivity contribution in [3.63, 3.8) is 0 Å². The molecule has 1 nitrogen and oxygen atoms in total. The van der Waals surface area contributed by atoms with Gasteiger partial charge in [-0.05, 0) is 43.9 Å². The minimum absolute atomic E-state index is 0.896. The minimum atomic E-state index is 0.896. The van der Waals surface area contributed by atoms with E-state index in [-0.39, 0.29) is 0 Å². The quantitative estimate of drug-likeness (QED) is 0.504. The lowest BCUT2D eigenvalue weighted by Gasteiger charge is -2.16. The number of carbonyl (C=O) groups excluding carboxylic acids is 1. The molecule has 74 valence electrons. The second kappa shape index (κ2) is 3.99. The maximum atomic E-state index is 11.0. The van der Waals surface area contributed by atoms with Crippen molar-refractivity contribution in [2.75, 3.05) is 0 Å². The number of hydrogen-bond acceptors (Lipinski definition) is 1. The first kappa shape index (κ1) is 11.0. The van der Waals surface area contributed by atoms with Gasteiger partial charge in [-0.2, -0.15) is 0 Å². The maximum absolute atomic E-state index is 11.0. The molecule has 0 radical (unpaired) electrons. The Morgan fingerprint density at radius 3 is 2.14 bits per heavy atom. The van der Waals surface area contributed by atoms with Crippen molar-refractivity contribution in [3.05, 3.63) is 27.8 Å². The smallest absolute Gasteiger partial charge is 0.150 e. The molecule has 0 saturated carbocycles. The van der Waals surface area contributed by atoms with Gasteiger partial charge in [0.05, 0.1) is 0 Å². The first-order chi connectivity index (χ1) is 6.54. The fourth-order valence-corrected chi connectivity index (χ4v) is 2.03. The highest BCUT2D eigenvalue weighted by Crippen LogP contribution is 2.19. The third kappa shape index (κ3) is 1.49. The fraction of sp³-hybridized carbons (Fsp3) is 0.417. The molecule has 0 atom stereocenters. The molecule has 0 spiro atoms. The minimum Gasteiger partial charge on any atom is -0.298 e. The molecule has 0 heterocycles. The molecule has 0 N–H and O–H groups in total. The van der Waals surface area contributed by atoms with Crippen molar-refractivity contribution < 1.29 is 4.79 Å². The molecule has 2 heteroatoms. The van der Waals surface area contributed by atoms with E-state index in [1.54, 1.807) is 0 Å². The number of benzene rings is 1. The van der Waals surface area contributed by atoms with Crippen molar-refractivity contribution >= 4 is 19.6 Å². The summed E-state index contributed by atoms with van der Waals surface area (Å²) in [6.07, 6.45) is 1.93. The maximum Gasteiger partial charge on any atom is 0.150 e. The summed E-state index contributed by atoms with van der Waals surface area (Å²) < 4.78 is 0. The van der Waals surface area contributed by atoms with Crippen LogP contribution in [0.3, 0.4) is 0 Å². The van der Waals surface area contributed by atoms with Gasteiger partial charge in [-0.1, -0.05) is 17.9 Å². The summed E-state index contributed by atoms with van der Waals surface area (Å²) in [5.41, 5.74) is 7.10. The van der Waals surface area contributed by atoms with Crippen LogP contribution in [0.1, 0.15) is 39.5 Å². The van der Waals surface area contributed by atoms with E-state index in [2.05, 4.69) is 28.6 Å². The predicted octanol–water partition coefficient (Wildman–Crippen LogP) is 1.25. The van der Waals surface area contributed by atoms with E-state index in [1.807, 2.05) is 6.92 Å². The van der Waals surface area contributed by atoms with E-state index >= 15 is 0 Å². The normalized spacial score (nSPS) is 10.3. The second-order valence-corrected chi connectivity index (χ2v) is 3.86. The highest BCUT2D eigenvalue weighted by Gasteiger charge is 2.12. The van der Waals surface area contributed by atoms with E-state index in [4.69, 9.17) is 0 Å². The Morgan fingerprint density at radius 2 is 1.71 bits per heavy atom. The molecule has 0 bridgehead atoms. The Hall–Kier alpha value is -1.05. The van der Waals surface area contributed by atoms with Gasteiger partial charge >= 0.3 is 0 Å². The Morgan fingerprint density at radius 1 is 1.14 bits per heavy atom. The molecule has 0 aromatic heterocycles. The van der Waals surface area contributed by atoms with Crippen LogP contribution in [-0.2, 0) is 6.42 Å². The van der Waals surface area contributed by atoms with Gasteiger partial charge in [0.1, 0.15) is 7.85 Å². The van der Waals surface area contributed by atoms with Crippen LogP contribution in [0.15, 0.2) is 0 Å². The summed E-state index contributed by atoms with van der Waals surface area (Å²) in [6, 6.07) is 0. The standard InChI is InChI=1S/C12H17BO/c1-5-10-7(2)8(3)12(13)9(4)11(10)6-14/h6H,5,13H2,1-4H3. The second-order valence-electron chi connectivity index (χ2n) is 3.86. The summed E-state index contributed by atoms with van der Waals surface area (Å²) in [5, 5.41) is 0. The van der Waals surface area contributed by atoms with E-state index in [1.165, 1.54) is 22.2 Å². The van der Waals surface area contributed by atoms with Crippen molar-refractivity contribution in [3.8, 4) is 0 Å². The fourth-order valence-electron chi connectivity index (χ4n) is 2.03. The van der Waals surface area contributed by atoms with Gasteiger partial charge in [-0.25, -0.2) is 0 Å². The molecular formula is C12H17BO. The lowest BCUT2D eigenvalue weighted by molar-refractivity contribution is 0.112. The molecule has 0 aliphatic rings. The van der Waals surface area contributed by atoms with Crippen LogP contribution >= 0.6 is 0 Å². The zero-order chi connectivity index (χ0) is 10.9. The molecule has 1 aromatic rings. The van der Waals surface area contributed by atoms with Gasteiger partial charge in [0, 0.05) is 5.56 Å². The average Bonchev–Trinajstić information content (AvgIpc) is 2.20. The molecule has 0 amide bonds. The molecule has 0 aliphatic heterocycles. The SMILES string of the molecule is Bc1c(C)c(C)c(CC)c(C=O)c1C. The topological polar surface area (TPSA) is 17.1 Å². The first-order valence-electron chi connectivity index (χ1n) is 5.09. The summed E-state index contributed by atoms with van der Waals surface area (Å²) in [4.78, 5) is 11.0. The van der Waals surface area contributed by atoms with E-state index in [0.29, 0.717) is 0 Å². The van der Waals surface area contributed by atoms with Crippen LogP contribution in [0.5, 0.6) is 0 Å². The molecular weight excluding hydrogens is 171 g/mol. The molecule has 14 heavy (non-hydrogen) atoms. The summed E-state index contributed by atoms with van der Waals surface area (Å²) in [5.74, 6) is 0. The van der Waals surface area contributed by atoms with Gasteiger partial charge in [-0.3, -0.25) is 4.79 Å². The largest absolute Gasteiger partial charge is 0.298 e. The van der Waals surface area contributed by atoms with Crippen LogP contribution in [0.25, 0.3) is 0 Å². The van der Waals surface area contributed by atoms with Gasteiger partial charge in [0.25, 0.3) is 0 Å². The number of aldehydes is 1. The molecule has 1 rings (SSSR count). The van der Waals surface area contributed by atoms with Crippen molar-refractivity contribution in [2.24, 2.45) is 0 Å². The molecule has 0 unspecified atom stereocenters. The van der Waals surface area contributed by atoms with Crippen molar-refractivity contribution in [2.45, 2.75) is 34.1 Å². The van der Waals surface area contributed by atoms with E-state index < -0.39 is 0 Å². The predicted molar refractivity (Wildman–Crippen MR) is 63.6 cm³/mol.